The van der Waals surface area contributed by atoms with Gasteiger partial charge in [0.2, 0.25) is 5.91 Å². The first kappa shape index (κ1) is 19.6. The standard InChI is InChI=1S/C21H19FN2O3S/c1-24(13-20(25)23-16-4-3-5-17(12-16)27-2)21(26)19-11-10-18(28-19)14-6-8-15(22)9-7-14/h3-12H,13H2,1-2H3,(H,23,25). The van der Waals surface area contributed by atoms with E-state index in [1.165, 1.54) is 28.4 Å². The van der Waals surface area contributed by atoms with E-state index >= 15 is 0 Å². The molecule has 1 heterocycles. The fourth-order valence-corrected chi connectivity index (χ4v) is 3.60. The predicted octanol–water partition coefficient (Wildman–Crippen LogP) is 4.27. The number of likely N-dealkylation sites (N-methyl/N-ethyl adjacent to an activating group) is 1. The van der Waals surface area contributed by atoms with E-state index in [1.807, 2.05) is 6.07 Å². The Morgan fingerprint density at radius 1 is 1.11 bits per heavy atom. The second-order valence-electron chi connectivity index (χ2n) is 6.11. The van der Waals surface area contributed by atoms with Gasteiger partial charge in [-0.25, -0.2) is 4.39 Å². The number of nitrogens with one attached hydrogen (secondary N) is 1. The Morgan fingerprint density at radius 3 is 2.57 bits per heavy atom. The van der Waals surface area contributed by atoms with E-state index < -0.39 is 0 Å². The molecular formula is C21H19FN2O3S. The van der Waals surface area contributed by atoms with E-state index in [0.717, 1.165) is 10.4 Å². The summed E-state index contributed by atoms with van der Waals surface area (Å²) in [5, 5.41) is 2.75. The van der Waals surface area contributed by atoms with Crippen LogP contribution < -0.4 is 10.1 Å². The highest BCUT2D eigenvalue weighted by Gasteiger charge is 2.17. The van der Waals surface area contributed by atoms with E-state index in [0.29, 0.717) is 16.3 Å². The van der Waals surface area contributed by atoms with Crippen LogP contribution in [0.4, 0.5) is 10.1 Å². The summed E-state index contributed by atoms with van der Waals surface area (Å²) < 4.78 is 18.2. The highest BCUT2D eigenvalue weighted by atomic mass is 32.1. The quantitative estimate of drug-likeness (QED) is 0.675. The second-order valence-corrected chi connectivity index (χ2v) is 7.20. The molecule has 0 atom stereocenters. The number of nitrogens with zero attached hydrogens (tertiary/aromatic N) is 1. The van der Waals surface area contributed by atoms with Gasteiger partial charge >= 0.3 is 0 Å². The molecule has 3 aromatic rings. The van der Waals surface area contributed by atoms with Gasteiger partial charge < -0.3 is 15.0 Å². The number of ether oxygens (including phenoxy) is 1. The van der Waals surface area contributed by atoms with E-state index in [2.05, 4.69) is 5.32 Å². The molecule has 0 saturated carbocycles. The van der Waals surface area contributed by atoms with Crippen molar-refractivity contribution in [3.8, 4) is 16.2 Å². The molecule has 0 aliphatic rings. The third kappa shape index (κ3) is 4.75. The number of benzene rings is 2. The molecule has 28 heavy (non-hydrogen) atoms. The summed E-state index contributed by atoms with van der Waals surface area (Å²) in [6.07, 6.45) is 0. The summed E-state index contributed by atoms with van der Waals surface area (Å²) in [4.78, 5) is 27.6. The lowest BCUT2D eigenvalue weighted by Gasteiger charge is -2.16. The van der Waals surface area contributed by atoms with Gasteiger partial charge in [-0.3, -0.25) is 9.59 Å². The van der Waals surface area contributed by atoms with Gasteiger partial charge in [-0.15, -0.1) is 11.3 Å². The summed E-state index contributed by atoms with van der Waals surface area (Å²) in [5.41, 5.74) is 1.43. The van der Waals surface area contributed by atoms with E-state index in [1.54, 1.807) is 56.6 Å². The molecule has 2 aromatic carbocycles. The molecule has 1 aromatic heterocycles. The van der Waals surface area contributed by atoms with Crippen LogP contribution in [0.15, 0.2) is 60.7 Å². The molecule has 0 saturated heterocycles. The monoisotopic (exact) mass is 398 g/mol. The molecule has 0 bridgehead atoms. The van der Waals surface area contributed by atoms with Crippen molar-refractivity contribution >= 4 is 28.8 Å². The number of rotatable bonds is 6. The second kappa shape index (κ2) is 8.67. The Morgan fingerprint density at radius 2 is 1.86 bits per heavy atom. The number of halogens is 1. The van der Waals surface area contributed by atoms with Gasteiger partial charge in [-0.2, -0.15) is 0 Å². The van der Waals surface area contributed by atoms with Crippen molar-refractivity contribution in [2.75, 3.05) is 26.0 Å². The van der Waals surface area contributed by atoms with Crippen molar-refractivity contribution < 1.29 is 18.7 Å². The summed E-state index contributed by atoms with van der Waals surface area (Å²) in [7, 11) is 3.12. The Bertz CT molecular complexity index is 985. The average Bonchev–Trinajstić information content (AvgIpc) is 3.18. The van der Waals surface area contributed by atoms with Gasteiger partial charge in [-0.1, -0.05) is 18.2 Å². The van der Waals surface area contributed by atoms with Crippen molar-refractivity contribution in [3.05, 3.63) is 71.4 Å². The number of amides is 2. The number of hydrogen-bond acceptors (Lipinski definition) is 4. The van der Waals surface area contributed by atoms with Crippen LogP contribution in [-0.2, 0) is 4.79 Å². The molecule has 0 fully saturated rings. The van der Waals surface area contributed by atoms with Crippen molar-refractivity contribution in [2.24, 2.45) is 0 Å². The van der Waals surface area contributed by atoms with Gasteiger partial charge in [0.05, 0.1) is 18.5 Å². The van der Waals surface area contributed by atoms with Crippen LogP contribution in [0.1, 0.15) is 9.67 Å². The Hall–Kier alpha value is -3.19. The molecule has 0 aliphatic heterocycles. The SMILES string of the molecule is COc1cccc(NC(=O)CN(C)C(=O)c2ccc(-c3ccc(F)cc3)s2)c1. The molecule has 0 spiro atoms. The van der Waals surface area contributed by atoms with Crippen molar-refractivity contribution in [3.63, 3.8) is 0 Å². The maximum absolute atomic E-state index is 13.1. The third-order valence-corrected chi connectivity index (χ3v) is 5.15. The number of carbonyl (C=O) groups is 2. The average molecular weight is 398 g/mol. The van der Waals surface area contributed by atoms with Gasteiger partial charge in [0.1, 0.15) is 11.6 Å². The molecule has 144 valence electrons. The topological polar surface area (TPSA) is 58.6 Å². The Kier molecular flexibility index (Phi) is 6.06. The molecule has 0 unspecified atom stereocenters. The maximum Gasteiger partial charge on any atom is 0.264 e. The smallest absolute Gasteiger partial charge is 0.264 e. The lowest BCUT2D eigenvalue weighted by molar-refractivity contribution is -0.116. The predicted molar refractivity (Wildman–Crippen MR) is 108 cm³/mol. The molecule has 0 radical (unpaired) electrons. The minimum atomic E-state index is -0.307. The summed E-state index contributed by atoms with van der Waals surface area (Å²) in [6.45, 7) is -0.0835. The Balaban J connectivity index is 1.62. The van der Waals surface area contributed by atoms with E-state index in [-0.39, 0.29) is 24.2 Å². The van der Waals surface area contributed by atoms with Gasteiger partial charge in [0.25, 0.3) is 5.91 Å². The van der Waals surface area contributed by atoms with E-state index in [9.17, 15) is 14.0 Å². The van der Waals surface area contributed by atoms with Crippen LogP contribution in [0.3, 0.4) is 0 Å². The molecule has 2 amide bonds. The number of methoxy groups -OCH3 is 1. The zero-order valence-corrected chi connectivity index (χ0v) is 16.3. The first-order chi connectivity index (χ1) is 13.5. The molecule has 0 aliphatic carbocycles. The zero-order chi connectivity index (χ0) is 20.1. The van der Waals surface area contributed by atoms with Crippen LogP contribution >= 0.6 is 11.3 Å². The molecular weight excluding hydrogens is 379 g/mol. The summed E-state index contributed by atoms with van der Waals surface area (Å²) >= 11 is 1.30. The van der Waals surface area contributed by atoms with Crippen LogP contribution in [0.5, 0.6) is 5.75 Å². The highest BCUT2D eigenvalue weighted by molar-refractivity contribution is 7.17. The Labute approximate surface area is 166 Å². The highest BCUT2D eigenvalue weighted by Crippen LogP contribution is 2.28. The first-order valence-corrected chi connectivity index (χ1v) is 9.33. The van der Waals surface area contributed by atoms with Gasteiger partial charge in [-0.05, 0) is 42.0 Å². The third-order valence-electron chi connectivity index (χ3n) is 4.03. The summed E-state index contributed by atoms with van der Waals surface area (Å²) in [6, 6.07) is 16.6. The van der Waals surface area contributed by atoms with Crippen molar-refractivity contribution in [2.45, 2.75) is 0 Å². The lowest BCUT2D eigenvalue weighted by Crippen LogP contribution is -2.34. The van der Waals surface area contributed by atoms with Crippen molar-refractivity contribution in [1.29, 1.82) is 0 Å². The molecule has 7 heteroatoms. The zero-order valence-electron chi connectivity index (χ0n) is 15.4. The van der Waals surface area contributed by atoms with Crippen molar-refractivity contribution in [1.82, 2.24) is 4.90 Å². The van der Waals surface area contributed by atoms with Crippen LogP contribution in [-0.4, -0.2) is 37.4 Å². The fraction of sp³-hybridized carbons (Fsp3) is 0.143. The molecule has 1 N–H and O–H groups in total. The van der Waals surface area contributed by atoms with Crippen LogP contribution in [0.2, 0.25) is 0 Å². The van der Waals surface area contributed by atoms with Gasteiger partial charge in [0, 0.05) is 23.7 Å². The maximum atomic E-state index is 13.1. The van der Waals surface area contributed by atoms with Crippen LogP contribution in [0.25, 0.3) is 10.4 Å². The minimum Gasteiger partial charge on any atom is -0.497 e. The molecule has 5 nitrogen and oxygen atoms in total. The van der Waals surface area contributed by atoms with Gasteiger partial charge in [0.15, 0.2) is 0 Å². The summed E-state index contributed by atoms with van der Waals surface area (Å²) in [5.74, 6) is -0.230. The number of anilines is 1. The first-order valence-electron chi connectivity index (χ1n) is 8.51. The van der Waals surface area contributed by atoms with Crippen LogP contribution in [0, 0.1) is 5.82 Å². The lowest BCUT2D eigenvalue weighted by atomic mass is 10.2. The van der Waals surface area contributed by atoms with E-state index in [4.69, 9.17) is 4.74 Å². The number of hydrogen-bond donors (Lipinski definition) is 1. The molecule has 3 rings (SSSR count). The number of carbonyl (C=O) groups excluding carboxylic acids is 2. The largest absolute Gasteiger partial charge is 0.497 e. The number of thiophene rings is 1. The minimum absolute atomic E-state index is 0.0835. The fourth-order valence-electron chi connectivity index (χ4n) is 2.60. The normalized spacial score (nSPS) is 10.4.